The maximum absolute atomic E-state index is 10.0. The first-order chi connectivity index (χ1) is 3.93. The summed E-state index contributed by atoms with van der Waals surface area (Å²) < 4.78 is 0. The number of carbonyl (C=O) groups is 1. The minimum atomic E-state index is 0. The number of carbonyl (C=O) groups excluding carboxylic acids is 1. The smallest absolute Gasteiger partial charge is 0.150 e. The van der Waals surface area contributed by atoms with Crippen molar-refractivity contribution in [3.05, 3.63) is 35.9 Å². The minimum absolute atomic E-state index is 0. The summed E-state index contributed by atoms with van der Waals surface area (Å²) in [5.41, 5.74) is 0.729. The average molecular weight is 107 g/mol. The molecule has 1 rings (SSSR count). The van der Waals surface area contributed by atoms with Crippen LogP contribution in [-0.2, 0) is 0 Å². The van der Waals surface area contributed by atoms with E-state index in [1.54, 1.807) is 12.1 Å². The fourth-order valence-electron chi connectivity index (χ4n) is 0.532. The van der Waals surface area contributed by atoms with Gasteiger partial charge in [-0.05, 0) is 0 Å². The van der Waals surface area contributed by atoms with Crippen molar-refractivity contribution in [1.29, 1.82) is 0 Å². The highest BCUT2D eigenvalue weighted by atomic mass is 16.1. The largest absolute Gasteiger partial charge is 0.298 e. The van der Waals surface area contributed by atoms with Crippen molar-refractivity contribution in [1.82, 2.24) is 0 Å². The molecule has 8 heavy (non-hydrogen) atoms. The second-order valence-electron chi connectivity index (χ2n) is 1.53. The van der Waals surface area contributed by atoms with Crippen LogP contribution in [0.1, 0.15) is 11.8 Å². The Morgan fingerprint density at radius 1 is 1.25 bits per heavy atom. The van der Waals surface area contributed by atoms with Gasteiger partial charge in [0.05, 0.1) is 0 Å². The van der Waals surface area contributed by atoms with Crippen LogP contribution >= 0.6 is 0 Å². The van der Waals surface area contributed by atoms with Gasteiger partial charge in [-0.1, -0.05) is 30.3 Å². The van der Waals surface area contributed by atoms with Crippen molar-refractivity contribution in [2.45, 2.75) is 0 Å². The van der Waals surface area contributed by atoms with E-state index in [1.807, 2.05) is 18.2 Å². The lowest BCUT2D eigenvalue weighted by Crippen LogP contribution is -1.73. The van der Waals surface area contributed by atoms with E-state index in [0.29, 0.717) is 0 Å². The highest BCUT2D eigenvalue weighted by Crippen LogP contribution is 1.91. The molecule has 0 saturated carbocycles. The van der Waals surface area contributed by atoms with Crippen molar-refractivity contribution in [2.24, 2.45) is 0 Å². The monoisotopic (exact) mass is 107 g/mol. The number of aldehydes is 1. The normalized spacial score (nSPS) is 8.50. The topological polar surface area (TPSA) is 17.1 Å². The van der Waals surface area contributed by atoms with Gasteiger partial charge in [0.1, 0.15) is 6.29 Å². The van der Waals surface area contributed by atoms with Crippen LogP contribution in [-0.4, -0.2) is 6.29 Å². The van der Waals surface area contributed by atoms with Crippen molar-refractivity contribution in [3.8, 4) is 0 Å². The fraction of sp³-hybridized carbons (Fsp3) is 0. The molecule has 0 bridgehead atoms. The third-order valence-electron chi connectivity index (χ3n) is 0.936. The van der Waals surface area contributed by atoms with Crippen molar-refractivity contribution >= 4 is 6.29 Å². The van der Waals surface area contributed by atoms with E-state index in [0.717, 1.165) is 11.8 Å². The first kappa shape index (κ1) is 5.04. The predicted octanol–water partition coefficient (Wildman–Crippen LogP) is 1.61. The molecule has 1 heteroatoms. The van der Waals surface area contributed by atoms with Gasteiger partial charge in [0.25, 0.3) is 0 Å². The number of hydrogen-bond donors (Lipinski definition) is 0. The van der Waals surface area contributed by atoms with E-state index < -0.39 is 0 Å². The SMILES string of the molecule is O=Cc1ccccc1.[H]. The van der Waals surface area contributed by atoms with Gasteiger partial charge in [-0.2, -0.15) is 0 Å². The molecule has 0 heterocycles. The maximum atomic E-state index is 10.0. The van der Waals surface area contributed by atoms with Crippen LogP contribution in [0, 0.1) is 0 Å². The van der Waals surface area contributed by atoms with Crippen molar-refractivity contribution in [3.63, 3.8) is 0 Å². The zero-order valence-electron chi connectivity index (χ0n) is 5.37. The summed E-state index contributed by atoms with van der Waals surface area (Å²) in [6.07, 6.45) is 0.833. The molecular weight excluding hydrogens is 100 g/mol. The molecule has 0 N–H and O–H groups in total. The lowest BCUT2D eigenvalue weighted by atomic mass is 10.2. The number of benzene rings is 1. The van der Waals surface area contributed by atoms with Gasteiger partial charge >= 0.3 is 0 Å². The van der Waals surface area contributed by atoms with Gasteiger partial charge in [0.2, 0.25) is 0 Å². The lowest BCUT2D eigenvalue weighted by molar-refractivity contribution is 0.112. The second kappa shape index (κ2) is 2.26. The molecular formula is C7H7O. The molecule has 0 fully saturated rings. The Morgan fingerprint density at radius 3 is 2.25 bits per heavy atom. The van der Waals surface area contributed by atoms with Gasteiger partial charge < -0.3 is 0 Å². The van der Waals surface area contributed by atoms with Crippen molar-refractivity contribution < 1.29 is 6.22 Å². The summed E-state index contributed by atoms with van der Waals surface area (Å²) in [6.45, 7) is 0. The molecule has 1 nitrogen and oxygen atoms in total. The molecule has 0 amide bonds. The Morgan fingerprint density at radius 2 is 1.88 bits per heavy atom. The zero-order chi connectivity index (χ0) is 5.82. The second-order valence-corrected chi connectivity index (χ2v) is 1.53. The lowest BCUT2D eigenvalue weighted by Gasteiger charge is -1.81. The van der Waals surface area contributed by atoms with E-state index in [2.05, 4.69) is 0 Å². The van der Waals surface area contributed by atoms with Crippen LogP contribution in [0.3, 0.4) is 0 Å². The van der Waals surface area contributed by atoms with Gasteiger partial charge in [-0.25, -0.2) is 0 Å². The zero-order valence-corrected chi connectivity index (χ0v) is 4.37. The molecule has 0 aliphatic heterocycles. The molecule has 1 aromatic rings. The molecule has 1 radical (unpaired) electrons. The van der Waals surface area contributed by atoms with Crippen molar-refractivity contribution in [2.75, 3.05) is 0 Å². The average Bonchev–Trinajstić information content (AvgIpc) is 1.90. The quantitative estimate of drug-likeness (QED) is 0.498. The van der Waals surface area contributed by atoms with Gasteiger partial charge in [0, 0.05) is 6.99 Å². The van der Waals surface area contributed by atoms with Crippen LogP contribution in [0.2, 0.25) is 0 Å². The Bertz CT molecular complexity index is 172. The van der Waals surface area contributed by atoms with Crippen LogP contribution in [0.4, 0.5) is 0 Å². The number of rotatable bonds is 1. The summed E-state index contributed by atoms with van der Waals surface area (Å²) in [6, 6.07) is 9.10. The summed E-state index contributed by atoms with van der Waals surface area (Å²) in [5, 5.41) is 0. The molecule has 0 atom stereocenters. The highest BCUT2D eigenvalue weighted by molar-refractivity contribution is 5.74. The summed E-state index contributed by atoms with van der Waals surface area (Å²) in [7, 11) is 0. The third kappa shape index (κ3) is 0.936. The van der Waals surface area contributed by atoms with Gasteiger partial charge in [-0.3, -0.25) is 4.79 Å². The van der Waals surface area contributed by atoms with Crippen LogP contribution in [0.25, 0.3) is 0 Å². The van der Waals surface area contributed by atoms with E-state index in [9.17, 15) is 4.79 Å². The van der Waals surface area contributed by atoms with Crippen LogP contribution < -0.4 is 0 Å². The van der Waals surface area contributed by atoms with Crippen LogP contribution in [0.15, 0.2) is 30.3 Å². The molecule has 0 aromatic heterocycles. The Kier molecular flexibility index (Phi) is 1.42. The molecule has 0 aliphatic rings. The molecule has 0 aliphatic carbocycles. The first-order valence-electron chi connectivity index (χ1n) is 2.44. The standard InChI is InChI=1S/C7H6O.H/c8-6-7-4-2-1-3-5-7;/h1-6H;. The van der Waals surface area contributed by atoms with E-state index in [-0.39, 0.29) is 1.43 Å². The molecule has 0 unspecified atom stereocenters. The predicted molar refractivity (Wildman–Crippen MR) is 32.9 cm³/mol. The summed E-state index contributed by atoms with van der Waals surface area (Å²) in [5.74, 6) is 0. The molecule has 0 spiro atoms. The van der Waals surface area contributed by atoms with E-state index in [1.165, 1.54) is 0 Å². The Labute approximate surface area is 49.4 Å². The molecule has 41 valence electrons. The van der Waals surface area contributed by atoms with Gasteiger partial charge in [0.15, 0.2) is 0 Å². The summed E-state index contributed by atoms with van der Waals surface area (Å²) in [4.78, 5) is 10.0. The minimum Gasteiger partial charge on any atom is -0.298 e. The summed E-state index contributed by atoms with van der Waals surface area (Å²) >= 11 is 0. The maximum Gasteiger partial charge on any atom is 0.150 e. The Balaban J connectivity index is 0.000000640. The van der Waals surface area contributed by atoms with E-state index in [4.69, 9.17) is 0 Å². The first-order valence-corrected chi connectivity index (χ1v) is 2.44. The Hall–Kier alpha value is -1.11. The highest BCUT2D eigenvalue weighted by Gasteiger charge is 1.79. The van der Waals surface area contributed by atoms with Gasteiger partial charge in [-0.15, -0.1) is 0 Å². The molecule has 0 saturated heterocycles. The fourth-order valence-corrected chi connectivity index (χ4v) is 0.532. The third-order valence-corrected chi connectivity index (χ3v) is 0.936. The number of hydrogen-bond acceptors (Lipinski definition) is 1. The molecule has 1 aromatic carbocycles. The van der Waals surface area contributed by atoms with E-state index >= 15 is 0 Å². The van der Waals surface area contributed by atoms with Crippen LogP contribution in [0.5, 0.6) is 0 Å².